The Hall–Kier alpha value is -2.18. The molecule has 2 aliphatic rings. The minimum absolute atomic E-state index is 0.0839. The monoisotopic (exact) mass is 298 g/mol. The van der Waals surface area contributed by atoms with Crippen LogP contribution in [-0.4, -0.2) is 54.7 Å². The zero-order valence-electron chi connectivity index (χ0n) is 12.2. The Balaban J connectivity index is 1.57. The third kappa shape index (κ3) is 2.30. The van der Waals surface area contributed by atoms with Crippen molar-refractivity contribution in [3.05, 3.63) is 36.4 Å². The van der Waals surface area contributed by atoms with Crippen molar-refractivity contribution in [2.45, 2.75) is 6.04 Å². The molecule has 2 saturated heterocycles. The van der Waals surface area contributed by atoms with Crippen molar-refractivity contribution in [1.82, 2.24) is 15.4 Å². The number of rotatable bonds is 2. The van der Waals surface area contributed by atoms with E-state index in [1.165, 1.54) is 0 Å². The Morgan fingerprint density at radius 1 is 1.18 bits per heavy atom. The zero-order chi connectivity index (χ0) is 14.9. The number of nitrogens with one attached hydrogen (secondary N) is 1. The first kappa shape index (κ1) is 13.5. The fourth-order valence-corrected chi connectivity index (χ4v) is 3.14. The largest absolute Gasteiger partial charge is 0.354 e. The molecule has 0 aliphatic carbocycles. The van der Waals surface area contributed by atoms with E-state index < -0.39 is 0 Å². The molecule has 22 heavy (non-hydrogen) atoms. The van der Waals surface area contributed by atoms with E-state index in [1.54, 1.807) is 4.90 Å². The van der Waals surface area contributed by atoms with Crippen molar-refractivity contribution < 1.29 is 9.32 Å². The fourth-order valence-electron chi connectivity index (χ4n) is 3.14. The van der Waals surface area contributed by atoms with Gasteiger partial charge in [0.25, 0.3) is 0 Å². The highest BCUT2D eigenvalue weighted by molar-refractivity contribution is 5.97. The first-order valence-electron chi connectivity index (χ1n) is 7.61. The number of anilines is 1. The van der Waals surface area contributed by atoms with Crippen LogP contribution in [0, 0.1) is 0 Å². The molecule has 1 aromatic carbocycles. The van der Waals surface area contributed by atoms with Crippen LogP contribution < -0.4 is 10.2 Å². The zero-order valence-corrected chi connectivity index (χ0v) is 12.2. The van der Waals surface area contributed by atoms with Crippen molar-refractivity contribution >= 4 is 11.7 Å². The third-order valence-electron chi connectivity index (χ3n) is 4.35. The first-order valence-corrected chi connectivity index (χ1v) is 7.61. The number of carbonyl (C=O) groups is 1. The van der Waals surface area contributed by atoms with Gasteiger partial charge in [-0.05, 0) is 0 Å². The van der Waals surface area contributed by atoms with Crippen LogP contribution in [-0.2, 0) is 4.79 Å². The summed E-state index contributed by atoms with van der Waals surface area (Å²) in [7, 11) is 0. The molecule has 1 N–H and O–H groups in total. The van der Waals surface area contributed by atoms with Crippen LogP contribution in [0.25, 0.3) is 11.3 Å². The number of amides is 1. The average Bonchev–Trinajstić information content (AvgIpc) is 3.06. The van der Waals surface area contributed by atoms with E-state index in [9.17, 15) is 4.79 Å². The average molecular weight is 298 g/mol. The highest BCUT2D eigenvalue weighted by Crippen LogP contribution is 2.26. The summed E-state index contributed by atoms with van der Waals surface area (Å²) in [6.45, 7) is 4.13. The second-order valence-corrected chi connectivity index (χ2v) is 5.66. The van der Waals surface area contributed by atoms with Gasteiger partial charge in [0.15, 0.2) is 11.6 Å². The van der Waals surface area contributed by atoms with E-state index in [-0.39, 0.29) is 11.9 Å². The number of carbonyl (C=O) groups excluding carboxylic acids is 1. The first-order chi connectivity index (χ1) is 10.8. The van der Waals surface area contributed by atoms with Crippen LogP contribution >= 0.6 is 0 Å². The molecule has 0 saturated carbocycles. The van der Waals surface area contributed by atoms with Gasteiger partial charge in [-0.3, -0.25) is 14.6 Å². The third-order valence-corrected chi connectivity index (χ3v) is 4.35. The van der Waals surface area contributed by atoms with Gasteiger partial charge in [-0.2, -0.15) is 0 Å². The van der Waals surface area contributed by atoms with Crippen molar-refractivity contribution in [2.75, 3.05) is 37.6 Å². The van der Waals surface area contributed by atoms with Gasteiger partial charge in [0.05, 0.1) is 0 Å². The standard InChI is InChI=1S/C16H18N4O2/c21-16-13-11-17-6-7-19(13)8-9-20(16)15-10-14(22-18-15)12-4-2-1-3-5-12/h1-5,10,13,17H,6-9,11H2/t13-/m1/s1. The Kier molecular flexibility index (Phi) is 3.40. The van der Waals surface area contributed by atoms with Crippen molar-refractivity contribution in [2.24, 2.45) is 0 Å². The molecule has 6 nitrogen and oxygen atoms in total. The lowest BCUT2D eigenvalue weighted by molar-refractivity contribution is -0.126. The van der Waals surface area contributed by atoms with Crippen LogP contribution in [0.15, 0.2) is 40.9 Å². The molecule has 2 aromatic rings. The van der Waals surface area contributed by atoms with Gasteiger partial charge >= 0.3 is 0 Å². The SMILES string of the molecule is O=C1[C@H]2CNCCN2CCN1c1cc(-c2ccccc2)on1. The Morgan fingerprint density at radius 2 is 2.05 bits per heavy atom. The van der Waals surface area contributed by atoms with Gasteiger partial charge in [-0.1, -0.05) is 35.5 Å². The van der Waals surface area contributed by atoms with Crippen LogP contribution in [0.3, 0.4) is 0 Å². The Bertz CT molecular complexity index is 670. The number of fused-ring (bicyclic) bond motifs is 1. The highest BCUT2D eigenvalue weighted by Gasteiger charge is 2.37. The van der Waals surface area contributed by atoms with Crippen LogP contribution in [0.4, 0.5) is 5.82 Å². The highest BCUT2D eigenvalue weighted by atomic mass is 16.5. The van der Waals surface area contributed by atoms with E-state index in [2.05, 4.69) is 15.4 Å². The number of hydrogen-bond acceptors (Lipinski definition) is 5. The summed E-state index contributed by atoms with van der Waals surface area (Å²) >= 11 is 0. The molecule has 2 fully saturated rings. The van der Waals surface area contributed by atoms with E-state index in [1.807, 2.05) is 36.4 Å². The lowest BCUT2D eigenvalue weighted by atomic mass is 10.1. The maximum Gasteiger partial charge on any atom is 0.246 e. The van der Waals surface area contributed by atoms with Gasteiger partial charge in [-0.25, -0.2) is 0 Å². The van der Waals surface area contributed by atoms with Gasteiger partial charge in [-0.15, -0.1) is 0 Å². The van der Waals surface area contributed by atoms with E-state index in [0.29, 0.717) is 24.7 Å². The number of benzene rings is 1. The van der Waals surface area contributed by atoms with E-state index in [0.717, 1.165) is 25.2 Å². The molecule has 1 aromatic heterocycles. The normalized spacial score (nSPS) is 22.6. The molecule has 3 heterocycles. The quantitative estimate of drug-likeness (QED) is 0.895. The predicted octanol–water partition coefficient (Wildman–Crippen LogP) is 0.962. The second kappa shape index (κ2) is 5.55. The Morgan fingerprint density at radius 3 is 2.91 bits per heavy atom. The molecule has 1 atom stereocenters. The molecule has 0 unspecified atom stereocenters. The summed E-state index contributed by atoms with van der Waals surface area (Å²) in [6.07, 6.45) is 0. The van der Waals surface area contributed by atoms with Crippen LogP contribution in [0.2, 0.25) is 0 Å². The molecular weight excluding hydrogens is 280 g/mol. The smallest absolute Gasteiger partial charge is 0.246 e. The van der Waals surface area contributed by atoms with Gasteiger partial charge in [0, 0.05) is 44.4 Å². The summed E-state index contributed by atoms with van der Waals surface area (Å²) in [5.74, 6) is 1.40. The molecule has 0 bridgehead atoms. The summed E-state index contributed by atoms with van der Waals surface area (Å²) < 4.78 is 5.42. The topological polar surface area (TPSA) is 61.6 Å². The number of piperazine rings is 2. The predicted molar refractivity (Wildman–Crippen MR) is 82.5 cm³/mol. The lowest BCUT2D eigenvalue weighted by Gasteiger charge is -2.42. The molecule has 2 aliphatic heterocycles. The second-order valence-electron chi connectivity index (χ2n) is 5.66. The minimum Gasteiger partial charge on any atom is -0.354 e. The van der Waals surface area contributed by atoms with Gasteiger partial charge < -0.3 is 9.84 Å². The van der Waals surface area contributed by atoms with Crippen molar-refractivity contribution in [3.8, 4) is 11.3 Å². The Labute approximate surface area is 128 Å². The molecule has 114 valence electrons. The molecule has 4 rings (SSSR count). The molecule has 1 amide bonds. The molecule has 6 heteroatoms. The minimum atomic E-state index is -0.0839. The van der Waals surface area contributed by atoms with Crippen LogP contribution in [0.5, 0.6) is 0 Å². The van der Waals surface area contributed by atoms with Crippen molar-refractivity contribution in [3.63, 3.8) is 0 Å². The fraction of sp³-hybridized carbons (Fsp3) is 0.375. The molecular formula is C16H18N4O2. The number of aromatic nitrogens is 1. The van der Waals surface area contributed by atoms with Crippen LogP contribution in [0.1, 0.15) is 0 Å². The summed E-state index contributed by atoms with van der Waals surface area (Å²) in [5.41, 5.74) is 0.965. The molecule has 0 spiro atoms. The maximum absolute atomic E-state index is 12.7. The number of nitrogens with zero attached hydrogens (tertiary/aromatic N) is 3. The van der Waals surface area contributed by atoms with Gasteiger partial charge in [0.1, 0.15) is 6.04 Å². The lowest BCUT2D eigenvalue weighted by Crippen LogP contribution is -2.64. The van der Waals surface area contributed by atoms with Gasteiger partial charge in [0.2, 0.25) is 5.91 Å². The number of hydrogen-bond donors (Lipinski definition) is 1. The van der Waals surface area contributed by atoms with E-state index >= 15 is 0 Å². The van der Waals surface area contributed by atoms with E-state index in [4.69, 9.17) is 4.52 Å². The summed E-state index contributed by atoms with van der Waals surface area (Å²) in [4.78, 5) is 16.7. The summed E-state index contributed by atoms with van der Waals surface area (Å²) in [6, 6.07) is 11.6. The summed E-state index contributed by atoms with van der Waals surface area (Å²) in [5, 5.41) is 7.38. The molecule has 0 radical (unpaired) electrons. The van der Waals surface area contributed by atoms with Crippen molar-refractivity contribution in [1.29, 1.82) is 0 Å². The maximum atomic E-state index is 12.7.